The lowest BCUT2D eigenvalue weighted by Crippen LogP contribution is -2.46. The maximum absolute atomic E-state index is 13.1. The summed E-state index contributed by atoms with van der Waals surface area (Å²) in [5, 5.41) is 6.03. The van der Waals surface area contributed by atoms with Crippen LogP contribution in [0.5, 0.6) is 0 Å². The van der Waals surface area contributed by atoms with Crippen LogP contribution in [0.4, 0.5) is 5.69 Å². The van der Waals surface area contributed by atoms with E-state index < -0.39 is 5.41 Å². The van der Waals surface area contributed by atoms with E-state index in [1.165, 1.54) is 6.42 Å². The van der Waals surface area contributed by atoms with Crippen molar-refractivity contribution in [2.24, 2.45) is 0 Å². The minimum Gasteiger partial charge on any atom is -0.385 e. The fourth-order valence-corrected chi connectivity index (χ4v) is 4.06. The summed E-state index contributed by atoms with van der Waals surface area (Å²) < 4.78 is 5.07. The number of methoxy groups -OCH3 is 1. The lowest BCUT2D eigenvalue weighted by Gasteiger charge is -2.36. The summed E-state index contributed by atoms with van der Waals surface area (Å²) in [5.41, 5.74) is 1.90. The number of anilines is 1. The molecule has 1 fully saturated rings. The fourth-order valence-electron chi connectivity index (χ4n) is 4.06. The highest BCUT2D eigenvalue weighted by atomic mass is 16.5. The third-order valence-corrected chi connectivity index (χ3v) is 5.68. The Balaban J connectivity index is 1.71. The predicted octanol–water partition coefficient (Wildman–Crippen LogP) is 4.29. The van der Waals surface area contributed by atoms with Gasteiger partial charge in [0.1, 0.15) is 0 Å². The van der Waals surface area contributed by atoms with Crippen molar-refractivity contribution in [3.63, 3.8) is 0 Å². The topological polar surface area (TPSA) is 67.4 Å². The largest absolute Gasteiger partial charge is 0.385 e. The number of benzene rings is 2. The number of hydrogen-bond acceptors (Lipinski definition) is 3. The van der Waals surface area contributed by atoms with Gasteiger partial charge in [-0.1, -0.05) is 49.6 Å². The van der Waals surface area contributed by atoms with Gasteiger partial charge >= 0.3 is 0 Å². The molecule has 0 saturated heterocycles. The molecule has 0 heterocycles. The lowest BCUT2D eigenvalue weighted by molar-refractivity contribution is -0.128. The van der Waals surface area contributed by atoms with Crippen molar-refractivity contribution in [1.29, 1.82) is 0 Å². The van der Waals surface area contributed by atoms with E-state index >= 15 is 0 Å². The standard InChI is InChI=1S/C24H30N2O3/c1-29-18-8-17-25-23(28)24(15-6-3-7-16-24)20-11-13-21(14-12-20)26-22(27)19-9-4-2-5-10-19/h2,4-5,9-14H,3,6-8,15-18H2,1H3,(H,25,28)(H,26,27). The monoisotopic (exact) mass is 394 g/mol. The van der Waals surface area contributed by atoms with Crippen molar-refractivity contribution in [2.75, 3.05) is 25.6 Å². The van der Waals surface area contributed by atoms with Gasteiger partial charge in [0.25, 0.3) is 5.91 Å². The van der Waals surface area contributed by atoms with Gasteiger partial charge in [0, 0.05) is 31.5 Å². The van der Waals surface area contributed by atoms with E-state index in [0.717, 1.165) is 43.4 Å². The molecule has 154 valence electrons. The Kier molecular flexibility index (Phi) is 7.42. The Morgan fingerprint density at radius 2 is 1.66 bits per heavy atom. The quantitative estimate of drug-likeness (QED) is 0.656. The Morgan fingerprint density at radius 3 is 2.31 bits per heavy atom. The van der Waals surface area contributed by atoms with Gasteiger partial charge in [-0.15, -0.1) is 0 Å². The summed E-state index contributed by atoms with van der Waals surface area (Å²) in [5.74, 6) is -0.0315. The van der Waals surface area contributed by atoms with Crippen molar-refractivity contribution in [2.45, 2.75) is 43.9 Å². The van der Waals surface area contributed by atoms with Gasteiger partial charge in [0.15, 0.2) is 0 Å². The van der Waals surface area contributed by atoms with E-state index in [1.54, 1.807) is 19.2 Å². The minimum atomic E-state index is -0.479. The van der Waals surface area contributed by atoms with Crippen LogP contribution >= 0.6 is 0 Å². The molecule has 1 aliphatic carbocycles. The molecule has 0 atom stereocenters. The van der Waals surface area contributed by atoms with Crippen molar-refractivity contribution in [1.82, 2.24) is 5.32 Å². The van der Waals surface area contributed by atoms with Gasteiger partial charge in [-0.3, -0.25) is 9.59 Å². The molecule has 2 amide bonds. The Labute approximate surface area is 172 Å². The number of carbonyl (C=O) groups excluding carboxylic acids is 2. The number of rotatable bonds is 8. The van der Waals surface area contributed by atoms with Crippen LogP contribution in [0.15, 0.2) is 54.6 Å². The molecule has 5 heteroatoms. The second-order valence-electron chi connectivity index (χ2n) is 7.64. The molecule has 0 radical (unpaired) electrons. The first-order valence-corrected chi connectivity index (χ1v) is 10.4. The fraction of sp³-hybridized carbons (Fsp3) is 0.417. The lowest BCUT2D eigenvalue weighted by atomic mass is 9.68. The van der Waals surface area contributed by atoms with Crippen LogP contribution in [0.25, 0.3) is 0 Å². The van der Waals surface area contributed by atoms with Crippen LogP contribution in [0.1, 0.15) is 54.4 Å². The van der Waals surface area contributed by atoms with E-state index in [0.29, 0.717) is 18.7 Å². The smallest absolute Gasteiger partial charge is 0.255 e. The van der Waals surface area contributed by atoms with Gasteiger partial charge < -0.3 is 15.4 Å². The molecule has 0 aliphatic heterocycles. The summed E-state index contributed by atoms with van der Waals surface area (Å²) in [6.45, 7) is 1.27. The molecule has 2 aromatic carbocycles. The van der Waals surface area contributed by atoms with Crippen LogP contribution in [0, 0.1) is 0 Å². The number of amides is 2. The van der Waals surface area contributed by atoms with E-state index in [2.05, 4.69) is 10.6 Å². The highest BCUT2D eigenvalue weighted by Gasteiger charge is 2.40. The molecule has 5 nitrogen and oxygen atoms in total. The molecular formula is C24H30N2O3. The van der Waals surface area contributed by atoms with Gasteiger partial charge in [-0.05, 0) is 49.1 Å². The first-order valence-electron chi connectivity index (χ1n) is 10.4. The van der Waals surface area contributed by atoms with Gasteiger partial charge in [-0.25, -0.2) is 0 Å². The van der Waals surface area contributed by atoms with Crippen LogP contribution in [-0.2, 0) is 14.9 Å². The molecule has 2 N–H and O–H groups in total. The molecule has 0 bridgehead atoms. The number of hydrogen-bond donors (Lipinski definition) is 2. The summed E-state index contributed by atoms with van der Waals surface area (Å²) in [4.78, 5) is 25.5. The summed E-state index contributed by atoms with van der Waals surface area (Å²) in [7, 11) is 1.67. The zero-order valence-electron chi connectivity index (χ0n) is 17.1. The van der Waals surface area contributed by atoms with Crippen molar-refractivity contribution < 1.29 is 14.3 Å². The Bertz CT molecular complexity index is 797. The second-order valence-corrected chi connectivity index (χ2v) is 7.64. The van der Waals surface area contributed by atoms with Crippen molar-refractivity contribution in [3.05, 3.63) is 65.7 Å². The third kappa shape index (κ3) is 5.24. The SMILES string of the molecule is COCCCNC(=O)C1(c2ccc(NC(=O)c3ccccc3)cc2)CCCCC1. The van der Waals surface area contributed by atoms with Crippen LogP contribution in [0.2, 0.25) is 0 Å². The first-order chi connectivity index (χ1) is 14.2. The van der Waals surface area contributed by atoms with Crippen LogP contribution in [-0.4, -0.2) is 32.1 Å². The van der Waals surface area contributed by atoms with Gasteiger partial charge in [-0.2, -0.15) is 0 Å². The van der Waals surface area contributed by atoms with E-state index in [9.17, 15) is 9.59 Å². The maximum atomic E-state index is 13.1. The molecule has 3 rings (SSSR count). The average Bonchev–Trinajstić information content (AvgIpc) is 2.78. The van der Waals surface area contributed by atoms with Crippen LogP contribution in [0.3, 0.4) is 0 Å². The molecule has 0 spiro atoms. The van der Waals surface area contributed by atoms with Gasteiger partial charge in [0.2, 0.25) is 5.91 Å². The maximum Gasteiger partial charge on any atom is 0.255 e. The normalized spacial score (nSPS) is 15.5. The molecule has 1 aliphatic rings. The molecule has 1 saturated carbocycles. The molecule has 29 heavy (non-hydrogen) atoms. The highest BCUT2D eigenvalue weighted by Crippen LogP contribution is 2.40. The number of carbonyl (C=O) groups is 2. The molecule has 0 aromatic heterocycles. The minimum absolute atomic E-state index is 0.106. The summed E-state index contributed by atoms with van der Waals surface area (Å²) in [6, 6.07) is 16.9. The van der Waals surface area contributed by atoms with Crippen molar-refractivity contribution in [3.8, 4) is 0 Å². The second kappa shape index (κ2) is 10.2. The Hall–Kier alpha value is -2.66. The first kappa shape index (κ1) is 21.1. The highest BCUT2D eigenvalue weighted by molar-refractivity contribution is 6.04. The zero-order valence-corrected chi connectivity index (χ0v) is 17.1. The van der Waals surface area contributed by atoms with E-state index in [-0.39, 0.29) is 11.8 Å². The van der Waals surface area contributed by atoms with E-state index in [1.807, 2.05) is 42.5 Å². The number of nitrogens with one attached hydrogen (secondary N) is 2. The predicted molar refractivity (Wildman–Crippen MR) is 115 cm³/mol. The zero-order chi connectivity index (χ0) is 20.5. The molecule has 0 unspecified atom stereocenters. The Morgan fingerprint density at radius 1 is 0.966 bits per heavy atom. The van der Waals surface area contributed by atoms with E-state index in [4.69, 9.17) is 4.74 Å². The summed E-state index contributed by atoms with van der Waals surface area (Å²) >= 11 is 0. The third-order valence-electron chi connectivity index (χ3n) is 5.68. The molecule has 2 aromatic rings. The van der Waals surface area contributed by atoms with Gasteiger partial charge in [0.05, 0.1) is 5.41 Å². The van der Waals surface area contributed by atoms with Crippen molar-refractivity contribution >= 4 is 17.5 Å². The summed E-state index contributed by atoms with van der Waals surface area (Å²) in [6.07, 6.45) is 5.81. The molecular weight excluding hydrogens is 364 g/mol. The van der Waals surface area contributed by atoms with Crippen LogP contribution < -0.4 is 10.6 Å². The average molecular weight is 395 g/mol. The number of ether oxygens (including phenoxy) is 1.